The summed E-state index contributed by atoms with van der Waals surface area (Å²) >= 11 is 8.81. The molecule has 0 unspecified atom stereocenters. The van der Waals surface area contributed by atoms with Crippen molar-refractivity contribution >= 4 is 33.3 Å². The Labute approximate surface area is 110 Å². The van der Waals surface area contributed by atoms with E-state index in [-0.39, 0.29) is 22.5 Å². The molecule has 0 radical (unpaired) electrons. The highest BCUT2D eigenvalue weighted by Crippen LogP contribution is 2.33. The number of nitrogens with zero attached hydrogens (tertiary/aromatic N) is 2. The Kier molecular flexibility index (Phi) is 3.44. The lowest BCUT2D eigenvalue weighted by Gasteiger charge is -2.07. The molecule has 2 rings (SSSR count). The van der Waals surface area contributed by atoms with E-state index in [0.29, 0.717) is 4.47 Å². The summed E-state index contributed by atoms with van der Waals surface area (Å²) < 4.78 is 19.1. The van der Waals surface area contributed by atoms with E-state index in [1.165, 1.54) is 18.5 Å². The van der Waals surface area contributed by atoms with Gasteiger partial charge in [-0.2, -0.15) is 4.98 Å². The zero-order chi connectivity index (χ0) is 12.4. The van der Waals surface area contributed by atoms with Gasteiger partial charge in [0.2, 0.25) is 5.88 Å². The number of hydrogen-bond donors (Lipinski definition) is 1. The Balaban J connectivity index is 2.33. The van der Waals surface area contributed by atoms with Crippen molar-refractivity contribution in [3.05, 3.63) is 39.8 Å². The zero-order valence-corrected chi connectivity index (χ0v) is 10.7. The van der Waals surface area contributed by atoms with Crippen LogP contribution in [0.1, 0.15) is 0 Å². The van der Waals surface area contributed by atoms with Crippen LogP contribution in [0.2, 0.25) is 5.02 Å². The molecule has 17 heavy (non-hydrogen) atoms. The van der Waals surface area contributed by atoms with Crippen molar-refractivity contribution in [3.63, 3.8) is 0 Å². The summed E-state index contributed by atoms with van der Waals surface area (Å²) in [4.78, 5) is 7.68. The van der Waals surface area contributed by atoms with Crippen LogP contribution >= 0.6 is 27.5 Å². The second-order valence-electron chi connectivity index (χ2n) is 3.08. The lowest BCUT2D eigenvalue weighted by molar-refractivity contribution is 0.453. The average molecular weight is 319 g/mol. The maximum atomic E-state index is 13.2. The van der Waals surface area contributed by atoms with E-state index >= 15 is 0 Å². The smallest absolute Gasteiger partial charge is 0.239 e. The first-order chi connectivity index (χ1) is 8.06. The summed E-state index contributed by atoms with van der Waals surface area (Å²) in [7, 11) is 0. The standard InChI is InChI=1S/C10H6BrClFN3O/c11-5-1-6(12)7(13)2-8(5)17-10-4-15-3-9(14)16-10/h1-4H,(H2,14,16). The Morgan fingerprint density at radius 2 is 2.12 bits per heavy atom. The van der Waals surface area contributed by atoms with Crippen LogP contribution in [0, 0.1) is 5.82 Å². The first-order valence-corrected chi connectivity index (χ1v) is 5.63. The molecular weight excluding hydrogens is 312 g/mol. The van der Waals surface area contributed by atoms with Crippen LogP contribution in [0.3, 0.4) is 0 Å². The third-order valence-corrected chi connectivity index (χ3v) is 2.73. The van der Waals surface area contributed by atoms with Crippen molar-refractivity contribution in [1.29, 1.82) is 0 Å². The van der Waals surface area contributed by atoms with Crippen LogP contribution in [0.5, 0.6) is 11.6 Å². The molecule has 0 atom stereocenters. The summed E-state index contributed by atoms with van der Waals surface area (Å²) in [5.41, 5.74) is 5.44. The number of rotatable bonds is 2. The van der Waals surface area contributed by atoms with Gasteiger partial charge < -0.3 is 10.5 Å². The highest BCUT2D eigenvalue weighted by Gasteiger charge is 2.09. The lowest BCUT2D eigenvalue weighted by Crippen LogP contribution is -1.95. The highest BCUT2D eigenvalue weighted by atomic mass is 79.9. The predicted octanol–water partition coefficient (Wildman–Crippen LogP) is 3.41. The van der Waals surface area contributed by atoms with E-state index in [1.807, 2.05) is 0 Å². The molecule has 0 aliphatic heterocycles. The van der Waals surface area contributed by atoms with Crippen molar-refractivity contribution in [3.8, 4) is 11.6 Å². The minimum atomic E-state index is -0.582. The molecule has 0 fully saturated rings. The van der Waals surface area contributed by atoms with Gasteiger partial charge in [0.15, 0.2) is 0 Å². The zero-order valence-electron chi connectivity index (χ0n) is 8.32. The van der Waals surface area contributed by atoms with E-state index in [0.717, 1.165) is 6.07 Å². The maximum absolute atomic E-state index is 13.2. The molecule has 2 aromatic rings. The molecule has 0 aliphatic rings. The molecule has 7 heteroatoms. The molecular formula is C10H6BrClFN3O. The molecule has 0 amide bonds. The highest BCUT2D eigenvalue weighted by molar-refractivity contribution is 9.10. The maximum Gasteiger partial charge on any atom is 0.239 e. The molecule has 4 nitrogen and oxygen atoms in total. The number of anilines is 1. The normalized spacial score (nSPS) is 10.3. The van der Waals surface area contributed by atoms with Gasteiger partial charge >= 0.3 is 0 Å². The first kappa shape index (κ1) is 12.1. The van der Waals surface area contributed by atoms with Gasteiger partial charge in [0.05, 0.1) is 21.9 Å². The number of halogens is 3. The molecule has 0 bridgehead atoms. The summed E-state index contributed by atoms with van der Waals surface area (Å²) in [6.45, 7) is 0. The number of aromatic nitrogens is 2. The largest absolute Gasteiger partial charge is 0.436 e. The lowest BCUT2D eigenvalue weighted by atomic mass is 10.3. The Bertz CT molecular complexity index is 567. The third kappa shape index (κ3) is 2.83. The third-order valence-electron chi connectivity index (χ3n) is 1.82. The minimum absolute atomic E-state index is 0.00267. The van der Waals surface area contributed by atoms with E-state index in [9.17, 15) is 4.39 Å². The summed E-state index contributed by atoms with van der Waals surface area (Å²) in [6.07, 6.45) is 2.75. The van der Waals surface area contributed by atoms with E-state index in [4.69, 9.17) is 22.1 Å². The quantitative estimate of drug-likeness (QED) is 0.862. The number of hydrogen-bond acceptors (Lipinski definition) is 4. The van der Waals surface area contributed by atoms with Gasteiger partial charge in [-0.05, 0) is 22.0 Å². The second kappa shape index (κ2) is 4.85. The van der Waals surface area contributed by atoms with Gasteiger partial charge in [0.1, 0.15) is 17.4 Å². The fourth-order valence-corrected chi connectivity index (χ4v) is 1.83. The van der Waals surface area contributed by atoms with Crippen LogP contribution in [-0.2, 0) is 0 Å². The van der Waals surface area contributed by atoms with Gasteiger partial charge in [-0.15, -0.1) is 0 Å². The molecule has 0 saturated carbocycles. The summed E-state index contributed by atoms with van der Waals surface area (Å²) in [5.74, 6) is 0.0500. The van der Waals surface area contributed by atoms with Crippen molar-refractivity contribution in [1.82, 2.24) is 9.97 Å². The molecule has 0 aliphatic carbocycles. The van der Waals surface area contributed by atoms with E-state index in [2.05, 4.69) is 25.9 Å². The van der Waals surface area contributed by atoms with Crippen molar-refractivity contribution in [2.24, 2.45) is 0 Å². The Hall–Kier alpha value is -1.40. The van der Waals surface area contributed by atoms with E-state index in [1.54, 1.807) is 0 Å². The van der Waals surface area contributed by atoms with Crippen molar-refractivity contribution in [2.75, 3.05) is 5.73 Å². The van der Waals surface area contributed by atoms with Gasteiger partial charge in [-0.1, -0.05) is 11.6 Å². The predicted molar refractivity (Wildman–Crippen MR) is 65.6 cm³/mol. The fraction of sp³-hybridized carbons (Fsp3) is 0. The molecule has 1 heterocycles. The van der Waals surface area contributed by atoms with E-state index < -0.39 is 5.82 Å². The Morgan fingerprint density at radius 3 is 2.82 bits per heavy atom. The Morgan fingerprint density at radius 1 is 1.35 bits per heavy atom. The number of benzene rings is 1. The molecule has 0 spiro atoms. The second-order valence-corrected chi connectivity index (χ2v) is 4.34. The number of nitrogens with two attached hydrogens (primary N) is 1. The van der Waals surface area contributed by atoms with Crippen LogP contribution < -0.4 is 10.5 Å². The summed E-state index contributed by atoms with van der Waals surface area (Å²) in [6, 6.07) is 2.54. The first-order valence-electron chi connectivity index (χ1n) is 4.46. The van der Waals surface area contributed by atoms with Gasteiger partial charge in [0.25, 0.3) is 0 Å². The average Bonchev–Trinajstić information content (AvgIpc) is 2.26. The van der Waals surface area contributed by atoms with Crippen LogP contribution in [0.4, 0.5) is 10.2 Å². The minimum Gasteiger partial charge on any atom is -0.436 e. The SMILES string of the molecule is Nc1cncc(Oc2cc(F)c(Cl)cc2Br)n1. The topological polar surface area (TPSA) is 61.0 Å². The van der Waals surface area contributed by atoms with Crippen LogP contribution in [0.25, 0.3) is 0 Å². The summed E-state index contributed by atoms with van der Waals surface area (Å²) in [5, 5.41) is 0.00267. The number of nitrogen functional groups attached to an aromatic ring is 1. The van der Waals surface area contributed by atoms with Gasteiger partial charge in [0, 0.05) is 6.07 Å². The molecule has 1 aromatic carbocycles. The molecule has 2 N–H and O–H groups in total. The molecule has 0 saturated heterocycles. The number of ether oxygens (including phenoxy) is 1. The van der Waals surface area contributed by atoms with Gasteiger partial charge in [-0.3, -0.25) is 4.98 Å². The molecule has 88 valence electrons. The van der Waals surface area contributed by atoms with Crippen molar-refractivity contribution < 1.29 is 9.13 Å². The molecule has 1 aromatic heterocycles. The monoisotopic (exact) mass is 317 g/mol. The van der Waals surface area contributed by atoms with Gasteiger partial charge in [-0.25, -0.2) is 4.39 Å². The fourth-order valence-electron chi connectivity index (χ4n) is 1.11. The van der Waals surface area contributed by atoms with Crippen LogP contribution in [-0.4, -0.2) is 9.97 Å². The van der Waals surface area contributed by atoms with Crippen molar-refractivity contribution in [2.45, 2.75) is 0 Å². The van der Waals surface area contributed by atoms with Crippen LogP contribution in [0.15, 0.2) is 29.0 Å².